The average molecular weight is 486 g/mol. The van der Waals surface area contributed by atoms with Gasteiger partial charge >= 0.3 is 0 Å². The minimum atomic E-state index is -0.108. The van der Waals surface area contributed by atoms with E-state index in [9.17, 15) is 4.79 Å². The van der Waals surface area contributed by atoms with E-state index < -0.39 is 0 Å². The van der Waals surface area contributed by atoms with Gasteiger partial charge in [0.2, 0.25) is 5.91 Å². The number of hydrogen-bond acceptors (Lipinski definition) is 2. The van der Waals surface area contributed by atoms with Gasteiger partial charge in [-0.05, 0) is 73.4 Å². The summed E-state index contributed by atoms with van der Waals surface area (Å²) in [6.07, 6.45) is 6.64. The summed E-state index contributed by atoms with van der Waals surface area (Å²) in [6.45, 7) is 7.42. The van der Waals surface area contributed by atoms with Crippen LogP contribution in [-0.4, -0.2) is 30.1 Å². The van der Waals surface area contributed by atoms with E-state index in [4.69, 9.17) is 27.9 Å². The van der Waals surface area contributed by atoms with E-state index in [0.29, 0.717) is 29.0 Å². The molecule has 3 nitrogen and oxygen atoms in total. The van der Waals surface area contributed by atoms with E-state index in [1.165, 1.54) is 12.8 Å². The third kappa shape index (κ3) is 5.82. The van der Waals surface area contributed by atoms with Crippen LogP contribution in [0.5, 0.6) is 0 Å². The largest absolute Gasteiger partial charge is 0.379 e. The maximum absolute atomic E-state index is 13.9. The van der Waals surface area contributed by atoms with Crippen molar-refractivity contribution in [1.29, 1.82) is 0 Å². The number of carbonyl (C=O) groups excluding carboxylic acids is 1. The van der Waals surface area contributed by atoms with Crippen LogP contribution in [0.2, 0.25) is 10.0 Å². The number of allylic oxidation sites excluding steroid dienone is 1. The van der Waals surface area contributed by atoms with E-state index in [0.717, 1.165) is 30.6 Å². The van der Waals surface area contributed by atoms with Crippen LogP contribution in [-0.2, 0) is 9.53 Å². The van der Waals surface area contributed by atoms with Gasteiger partial charge in [0.25, 0.3) is 0 Å². The SMILES string of the molecule is C=CC[C@H]1C[C@H](c2cccc(Cl)c2)[C@@H](c2ccc(Cl)cc2)N(C(CC)COCC2CC2)C1=O. The smallest absolute Gasteiger partial charge is 0.226 e. The van der Waals surface area contributed by atoms with Crippen LogP contribution in [0.1, 0.15) is 62.1 Å². The lowest BCUT2D eigenvalue weighted by molar-refractivity contribution is -0.148. The van der Waals surface area contributed by atoms with Gasteiger partial charge in [-0.25, -0.2) is 0 Å². The van der Waals surface area contributed by atoms with Gasteiger partial charge in [0.15, 0.2) is 0 Å². The summed E-state index contributed by atoms with van der Waals surface area (Å²) in [5.74, 6) is 0.895. The number of rotatable bonds is 10. The van der Waals surface area contributed by atoms with Crippen molar-refractivity contribution in [2.24, 2.45) is 11.8 Å². The lowest BCUT2D eigenvalue weighted by Gasteiger charge is -2.48. The van der Waals surface area contributed by atoms with Crippen LogP contribution < -0.4 is 0 Å². The van der Waals surface area contributed by atoms with Crippen molar-refractivity contribution in [3.63, 3.8) is 0 Å². The van der Waals surface area contributed by atoms with Crippen molar-refractivity contribution in [3.05, 3.63) is 82.4 Å². The zero-order chi connectivity index (χ0) is 23.4. The Labute approximate surface area is 207 Å². The molecule has 2 aliphatic rings. The van der Waals surface area contributed by atoms with Gasteiger partial charge in [-0.3, -0.25) is 4.79 Å². The Hall–Kier alpha value is -1.81. The molecule has 1 aliphatic heterocycles. The molecule has 2 aromatic rings. The monoisotopic (exact) mass is 485 g/mol. The molecule has 2 fully saturated rings. The minimum Gasteiger partial charge on any atom is -0.379 e. The average Bonchev–Trinajstić information content (AvgIpc) is 3.63. The highest BCUT2D eigenvalue weighted by atomic mass is 35.5. The Morgan fingerprint density at radius 2 is 1.88 bits per heavy atom. The highest BCUT2D eigenvalue weighted by Gasteiger charge is 2.45. The van der Waals surface area contributed by atoms with Crippen molar-refractivity contribution in [1.82, 2.24) is 4.90 Å². The standard InChI is InChI=1S/C28H33Cl2NO2/c1-3-6-22-16-26(21-7-5-8-24(30)15-21)27(20-11-13-23(29)14-12-20)31(28(22)32)25(4-2)18-33-17-19-9-10-19/h3,5,7-8,11-15,19,22,25-27H,1,4,6,9-10,16-18H2,2H3/t22-,25?,26+,27+/m0/s1. The summed E-state index contributed by atoms with van der Waals surface area (Å²) in [6, 6.07) is 15.9. The lowest BCUT2D eigenvalue weighted by atomic mass is 9.74. The summed E-state index contributed by atoms with van der Waals surface area (Å²) in [4.78, 5) is 16.0. The van der Waals surface area contributed by atoms with Gasteiger partial charge in [0.05, 0.1) is 18.7 Å². The molecule has 1 saturated carbocycles. The van der Waals surface area contributed by atoms with Gasteiger partial charge < -0.3 is 9.64 Å². The molecule has 0 spiro atoms. The van der Waals surface area contributed by atoms with E-state index in [-0.39, 0.29) is 29.8 Å². The number of amides is 1. The first-order valence-corrected chi connectivity index (χ1v) is 12.8. The summed E-state index contributed by atoms with van der Waals surface area (Å²) >= 11 is 12.6. The normalized spacial score (nSPS) is 24.0. The first kappa shape index (κ1) is 24.3. The molecule has 0 N–H and O–H groups in total. The Balaban J connectivity index is 1.75. The number of nitrogens with zero attached hydrogens (tertiary/aromatic N) is 1. The first-order valence-electron chi connectivity index (χ1n) is 12.0. The molecule has 1 heterocycles. The van der Waals surface area contributed by atoms with Crippen LogP contribution in [0.25, 0.3) is 0 Å². The second kappa shape index (κ2) is 11.1. The Morgan fingerprint density at radius 3 is 2.52 bits per heavy atom. The van der Waals surface area contributed by atoms with Crippen LogP contribution in [0, 0.1) is 11.8 Å². The van der Waals surface area contributed by atoms with Crippen molar-refractivity contribution in [3.8, 4) is 0 Å². The van der Waals surface area contributed by atoms with Crippen molar-refractivity contribution in [2.75, 3.05) is 13.2 Å². The predicted octanol–water partition coefficient (Wildman–Crippen LogP) is 7.45. The van der Waals surface area contributed by atoms with E-state index in [1.54, 1.807) is 0 Å². The van der Waals surface area contributed by atoms with Crippen LogP contribution in [0.15, 0.2) is 61.2 Å². The van der Waals surface area contributed by atoms with Crippen molar-refractivity contribution in [2.45, 2.75) is 57.0 Å². The third-order valence-corrected chi connectivity index (χ3v) is 7.47. The first-order chi connectivity index (χ1) is 16.0. The molecule has 33 heavy (non-hydrogen) atoms. The maximum Gasteiger partial charge on any atom is 0.226 e. The second-order valence-electron chi connectivity index (χ2n) is 9.40. The van der Waals surface area contributed by atoms with Gasteiger partial charge in [0, 0.05) is 28.5 Å². The van der Waals surface area contributed by atoms with Gasteiger partial charge in [-0.2, -0.15) is 0 Å². The number of piperidine rings is 1. The molecular weight excluding hydrogens is 453 g/mol. The molecule has 2 aromatic carbocycles. The van der Waals surface area contributed by atoms with Gasteiger partial charge in [-0.1, -0.05) is 60.5 Å². The molecule has 1 aliphatic carbocycles. The molecule has 1 saturated heterocycles. The molecule has 0 radical (unpaired) electrons. The van der Waals surface area contributed by atoms with Crippen LogP contribution >= 0.6 is 23.2 Å². The van der Waals surface area contributed by atoms with Gasteiger partial charge in [0.1, 0.15) is 0 Å². The fraction of sp³-hybridized carbons (Fsp3) is 0.464. The Morgan fingerprint density at radius 1 is 1.12 bits per heavy atom. The predicted molar refractivity (Wildman–Crippen MR) is 136 cm³/mol. The molecular formula is C28H33Cl2NO2. The fourth-order valence-corrected chi connectivity index (χ4v) is 5.37. The van der Waals surface area contributed by atoms with Gasteiger partial charge in [-0.15, -0.1) is 6.58 Å². The number of hydrogen-bond donors (Lipinski definition) is 0. The fourth-order valence-electron chi connectivity index (χ4n) is 5.04. The Kier molecular flexibility index (Phi) is 8.16. The zero-order valence-electron chi connectivity index (χ0n) is 19.3. The van der Waals surface area contributed by atoms with Crippen LogP contribution in [0.4, 0.5) is 0 Å². The summed E-state index contributed by atoms with van der Waals surface area (Å²) < 4.78 is 6.11. The number of likely N-dealkylation sites (tertiary alicyclic amines) is 1. The molecule has 5 heteroatoms. The summed E-state index contributed by atoms with van der Waals surface area (Å²) in [5, 5.41) is 1.40. The highest BCUT2D eigenvalue weighted by molar-refractivity contribution is 6.30. The lowest BCUT2D eigenvalue weighted by Crippen LogP contribution is -2.52. The molecule has 4 atom stereocenters. The summed E-state index contributed by atoms with van der Waals surface area (Å²) in [5.41, 5.74) is 2.25. The number of halogens is 2. The zero-order valence-corrected chi connectivity index (χ0v) is 20.8. The van der Waals surface area contributed by atoms with Crippen molar-refractivity contribution >= 4 is 29.1 Å². The molecule has 0 aromatic heterocycles. The molecule has 4 rings (SSSR count). The van der Waals surface area contributed by atoms with E-state index in [2.05, 4.69) is 36.6 Å². The minimum absolute atomic E-state index is 0.00577. The third-order valence-electron chi connectivity index (χ3n) is 6.99. The van der Waals surface area contributed by atoms with E-state index >= 15 is 0 Å². The molecule has 1 amide bonds. The number of carbonyl (C=O) groups is 1. The van der Waals surface area contributed by atoms with Crippen molar-refractivity contribution < 1.29 is 9.53 Å². The molecule has 0 bridgehead atoms. The van der Waals surface area contributed by atoms with E-state index in [1.807, 2.05) is 36.4 Å². The maximum atomic E-state index is 13.9. The second-order valence-corrected chi connectivity index (χ2v) is 10.3. The highest BCUT2D eigenvalue weighted by Crippen LogP contribution is 2.47. The molecule has 1 unspecified atom stereocenters. The number of ether oxygens (including phenoxy) is 1. The van der Waals surface area contributed by atoms with Crippen LogP contribution in [0.3, 0.4) is 0 Å². The number of benzene rings is 2. The quantitative estimate of drug-likeness (QED) is 0.327. The summed E-state index contributed by atoms with van der Waals surface area (Å²) in [7, 11) is 0. The topological polar surface area (TPSA) is 29.5 Å². The Bertz CT molecular complexity index is 957. The molecule has 176 valence electrons.